The van der Waals surface area contributed by atoms with E-state index in [9.17, 15) is 18.9 Å². The second kappa shape index (κ2) is 5.52. The van der Waals surface area contributed by atoms with Crippen LogP contribution in [0.2, 0.25) is 0 Å². The molecule has 2 N–H and O–H groups in total. The zero-order chi connectivity index (χ0) is 14.7. The third-order valence-electron chi connectivity index (χ3n) is 2.58. The second-order valence-corrected chi connectivity index (χ2v) is 4.01. The number of benzene rings is 2. The zero-order valence-corrected chi connectivity index (χ0v) is 10.2. The molecule has 0 bridgehead atoms. The van der Waals surface area contributed by atoms with E-state index in [2.05, 4.69) is 0 Å². The SMILES string of the molecule is Nc1ccc(COc2cc(F)ccc2F)cc1[N+](=O)[O-]. The van der Waals surface area contributed by atoms with Gasteiger partial charge in [0.25, 0.3) is 5.69 Å². The maximum absolute atomic E-state index is 13.3. The molecule has 0 fully saturated rings. The van der Waals surface area contributed by atoms with Crippen LogP contribution >= 0.6 is 0 Å². The van der Waals surface area contributed by atoms with Gasteiger partial charge in [-0.2, -0.15) is 0 Å². The van der Waals surface area contributed by atoms with E-state index in [0.29, 0.717) is 5.56 Å². The Balaban J connectivity index is 2.17. The molecule has 0 atom stereocenters. The van der Waals surface area contributed by atoms with Crippen LogP contribution in [-0.2, 0) is 6.61 Å². The first-order valence-corrected chi connectivity index (χ1v) is 5.58. The van der Waals surface area contributed by atoms with E-state index in [0.717, 1.165) is 18.2 Å². The van der Waals surface area contributed by atoms with E-state index in [-0.39, 0.29) is 23.7 Å². The van der Waals surface area contributed by atoms with Gasteiger partial charge in [0.1, 0.15) is 18.1 Å². The minimum Gasteiger partial charge on any atom is -0.486 e. The number of anilines is 1. The predicted molar refractivity (Wildman–Crippen MR) is 68.2 cm³/mol. The Morgan fingerprint density at radius 2 is 1.95 bits per heavy atom. The summed E-state index contributed by atoms with van der Waals surface area (Å²) in [6.07, 6.45) is 0. The molecule has 0 aliphatic carbocycles. The van der Waals surface area contributed by atoms with E-state index in [1.165, 1.54) is 18.2 Å². The lowest BCUT2D eigenvalue weighted by molar-refractivity contribution is -0.384. The average Bonchev–Trinajstić information content (AvgIpc) is 2.41. The number of hydrogen-bond donors (Lipinski definition) is 1. The Morgan fingerprint density at radius 1 is 1.20 bits per heavy atom. The van der Waals surface area contributed by atoms with E-state index in [4.69, 9.17) is 10.5 Å². The molecular formula is C13H10F2N2O3. The van der Waals surface area contributed by atoms with Crippen molar-refractivity contribution in [2.45, 2.75) is 6.61 Å². The van der Waals surface area contributed by atoms with Gasteiger partial charge in [0.2, 0.25) is 0 Å². The molecule has 7 heteroatoms. The second-order valence-electron chi connectivity index (χ2n) is 4.01. The molecule has 0 heterocycles. The zero-order valence-electron chi connectivity index (χ0n) is 10.2. The smallest absolute Gasteiger partial charge is 0.292 e. The first kappa shape index (κ1) is 13.7. The van der Waals surface area contributed by atoms with Crippen molar-refractivity contribution in [3.63, 3.8) is 0 Å². The molecule has 104 valence electrons. The highest BCUT2D eigenvalue weighted by Crippen LogP contribution is 2.24. The van der Waals surface area contributed by atoms with Crippen molar-refractivity contribution >= 4 is 11.4 Å². The van der Waals surface area contributed by atoms with Gasteiger partial charge < -0.3 is 10.5 Å². The van der Waals surface area contributed by atoms with Crippen molar-refractivity contribution in [3.8, 4) is 5.75 Å². The van der Waals surface area contributed by atoms with Crippen LogP contribution in [0.25, 0.3) is 0 Å². The summed E-state index contributed by atoms with van der Waals surface area (Å²) in [4.78, 5) is 10.1. The fourth-order valence-electron chi connectivity index (χ4n) is 1.59. The number of hydrogen-bond acceptors (Lipinski definition) is 4. The fourth-order valence-corrected chi connectivity index (χ4v) is 1.59. The van der Waals surface area contributed by atoms with E-state index in [1.807, 2.05) is 0 Å². The Labute approximate surface area is 112 Å². The first-order chi connectivity index (χ1) is 9.47. The lowest BCUT2D eigenvalue weighted by Gasteiger charge is -2.08. The van der Waals surface area contributed by atoms with Gasteiger partial charge in [0.15, 0.2) is 11.6 Å². The van der Waals surface area contributed by atoms with Gasteiger partial charge in [-0.1, -0.05) is 6.07 Å². The van der Waals surface area contributed by atoms with E-state index in [1.54, 1.807) is 0 Å². The number of nitrogens with two attached hydrogens (primary N) is 1. The molecular weight excluding hydrogens is 270 g/mol. The highest BCUT2D eigenvalue weighted by Gasteiger charge is 2.12. The predicted octanol–water partition coefficient (Wildman–Crippen LogP) is 3.03. The van der Waals surface area contributed by atoms with Gasteiger partial charge >= 0.3 is 0 Å². The van der Waals surface area contributed by atoms with Crippen LogP contribution in [0.1, 0.15) is 5.56 Å². The van der Waals surface area contributed by atoms with Crippen LogP contribution in [0.5, 0.6) is 5.75 Å². The van der Waals surface area contributed by atoms with E-state index >= 15 is 0 Å². The standard InChI is InChI=1S/C13H10F2N2O3/c14-9-2-3-10(15)13(6-9)20-7-8-1-4-11(16)12(5-8)17(18)19/h1-6H,7,16H2. The summed E-state index contributed by atoms with van der Waals surface area (Å²) in [7, 11) is 0. The topological polar surface area (TPSA) is 78.4 Å². The van der Waals surface area contributed by atoms with Gasteiger partial charge in [-0.05, 0) is 23.8 Å². The largest absolute Gasteiger partial charge is 0.486 e. The summed E-state index contributed by atoms with van der Waals surface area (Å²) in [6.45, 7) is -0.137. The minimum absolute atomic E-state index is 0.0238. The number of ether oxygens (including phenoxy) is 1. The summed E-state index contributed by atoms with van der Waals surface area (Å²) in [5.41, 5.74) is 5.64. The van der Waals surface area contributed by atoms with Crippen LogP contribution < -0.4 is 10.5 Å². The number of nitro benzene ring substituents is 1. The molecule has 0 aromatic heterocycles. The summed E-state index contributed by atoms with van der Waals surface area (Å²) in [5, 5.41) is 10.7. The summed E-state index contributed by atoms with van der Waals surface area (Å²) in [5.74, 6) is -1.61. The molecule has 0 radical (unpaired) electrons. The summed E-state index contributed by atoms with van der Waals surface area (Å²) < 4.78 is 31.4. The van der Waals surface area contributed by atoms with E-state index < -0.39 is 16.6 Å². The first-order valence-electron chi connectivity index (χ1n) is 5.58. The summed E-state index contributed by atoms with van der Waals surface area (Å²) in [6, 6.07) is 6.91. The fraction of sp³-hybridized carbons (Fsp3) is 0.0769. The molecule has 0 aliphatic heterocycles. The van der Waals surface area contributed by atoms with Crippen molar-refractivity contribution in [1.29, 1.82) is 0 Å². The van der Waals surface area contributed by atoms with Gasteiger partial charge in [-0.3, -0.25) is 10.1 Å². The van der Waals surface area contributed by atoms with Crippen LogP contribution in [0.3, 0.4) is 0 Å². The molecule has 0 amide bonds. The third kappa shape index (κ3) is 3.00. The van der Waals surface area contributed by atoms with Crippen LogP contribution in [-0.4, -0.2) is 4.92 Å². The maximum Gasteiger partial charge on any atom is 0.292 e. The maximum atomic E-state index is 13.3. The molecule has 2 aromatic carbocycles. The van der Waals surface area contributed by atoms with Crippen LogP contribution in [0.4, 0.5) is 20.2 Å². The molecule has 0 saturated heterocycles. The highest BCUT2D eigenvalue weighted by atomic mass is 19.1. The number of halogens is 2. The average molecular weight is 280 g/mol. The Hall–Kier alpha value is -2.70. The molecule has 0 spiro atoms. The molecule has 0 saturated carbocycles. The third-order valence-corrected chi connectivity index (χ3v) is 2.58. The number of nitrogen functional groups attached to an aromatic ring is 1. The van der Waals surface area contributed by atoms with Crippen molar-refractivity contribution in [2.75, 3.05) is 5.73 Å². The van der Waals surface area contributed by atoms with Gasteiger partial charge in [0, 0.05) is 12.1 Å². The molecule has 0 unspecified atom stereocenters. The molecule has 2 aromatic rings. The van der Waals surface area contributed by atoms with Gasteiger partial charge in [0.05, 0.1) is 4.92 Å². The van der Waals surface area contributed by atoms with Gasteiger partial charge in [-0.15, -0.1) is 0 Å². The van der Waals surface area contributed by atoms with Crippen LogP contribution in [0, 0.1) is 21.7 Å². The number of nitro groups is 1. The summed E-state index contributed by atoms with van der Waals surface area (Å²) >= 11 is 0. The number of nitrogens with zero attached hydrogens (tertiary/aromatic N) is 1. The lowest BCUT2D eigenvalue weighted by Crippen LogP contribution is -2.01. The van der Waals surface area contributed by atoms with Crippen molar-refractivity contribution in [3.05, 3.63) is 63.7 Å². The minimum atomic E-state index is -0.712. The Bertz CT molecular complexity index is 662. The van der Waals surface area contributed by atoms with Crippen molar-refractivity contribution in [2.24, 2.45) is 0 Å². The molecule has 2 rings (SSSR count). The van der Waals surface area contributed by atoms with Crippen molar-refractivity contribution in [1.82, 2.24) is 0 Å². The molecule has 0 aliphatic rings. The Kier molecular flexibility index (Phi) is 3.79. The van der Waals surface area contributed by atoms with Gasteiger partial charge in [-0.25, -0.2) is 8.78 Å². The molecule has 5 nitrogen and oxygen atoms in total. The quantitative estimate of drug-likeness (QED) is 0.530. The normalized spacial score (nSPS) is 10.3. The monoisotopic (exact) mass is 280 g/mol. The molecule has 20 heavy (non-hydrogen) atoms. The highest BCUT2D eigenvalue weighted by molar-refractivity contribution is 5.59. The van der Waals surface area contributed by atoms with Crippen molar-refractivity contribution < 1.29 is 18.4 Å². The lowest BCUT2D eigenvalue weighted by atomic mass is 10.2. The Morgan fingerprint density at radius 3 is 2.65 bits per heavy atom. The van der Waals surface area contributed by atoms with Crippen LogP contribution in [0.15, 0.2) is 36.4 Å². The number of rotatable bonds is 4.